The van der Waals surface area contributed by atoms with Crippen LogP contribution in [0.3, 0.4) is 0 Å². The molecule has 0 heterocycles. The molecule has 0 saturated heterocycles. The molecule has 0 saturated carbocycles. The van der Waals surface area contributed by atoms with Crippen LogP contribution in [0.15, 0.2) is 72.8 Å². The van der Waals surface area contributed by atoms with Crippen LogP contribution < -0.4 is 5.32 Å². The monoisotopic (exact) mass is 293 g/mol. The van der Waals surface area contributed by atoms with Crippen molar-refractivity contribution in [3.63, 3.8) is 0 Å². The Morgan fingerprint density at radius 1 is 0.955 bits per heavy atom. The average molecular weight is 293 g/mol. The molecule has 2 atom stereocenters. The van der Waals surface area contributed by atoms with Gasteiger partial charge in [0.25, 0.3) is 0 Å². The second kappa shape index (κ2) is 6.91. The molecule has 0 radical (unpaired) electrons. The summed E-state index contributed by atoms with van der Waals surface area (Å²) < 4.78 is 0. The Kier molecular flexibility index (Phi) is 4.71. The highest BCUT2D eigenvalue weighted by Crippen LogP contribution is 2.34. The zero-order valence-corrected chi connectivity index (χ0v) is 12.8. The molecule has 0 bridgehead atoms. The van der Waals surface area contributed by atoms with Gasteiger partial charge in [-0.2, -0.15) is 0 Å². The summed E-state index contributed by atoms with van der Waals surface area (Å²) in [5.74, 6) is 0. The molecule has 22 heavy (non-hydrogen) atoms. The lowest BCUT2D eigenvalue weighted by atomic mass is 9.80. The van der Waals surface area contributed by atoms with Crippen LogP contribution in [0.25, 0.3) is 0 Å². The van der Waals surface area contributed by atoms with E-state index in [0.29, 0.717) is 0 Å². The maximum Gasteiger partial charge on any atom is 0.0769 e. The molecule has 0 fully saturated rings. The molecule has 2 N–H and O–H groups in total. The summed E-state index contributed by atoms with van der Waals surface area (Å²) in [6.45, 7) is 0.751. The summed E-state index contributed by atoms with van der Waals surface area (Å²) in [5, 5.41) is 14.5. The van der Waals surface area contributed by atoms with Gasteiger partial charge in [-0.05, 0) is 30.4 Å². The Hall–Kier alpha value is -1.90. The quantitative estimate of drug-likeness (QED) is 0.841. The number of hydrogen-bond donors (Lipinski definition) is 2. The number of aliphatic hydroxyl groups is 1. The minimum atomic E-state index is -0.413. The Bertz CT molecular complexity index is 608. The summed E-state index contributed by atoms with van der Waals surface area (Å²) in [4.78, 5) is 0. The summed E-state index contributed by atoms with van der Waals surface area (Å²) in [6, 6.07) is 20.7. The number of nitrogens with one attached hydrogen (secondary N) is 1. The minimum Gasteiger partial charge on any atom is -0.391 e. The lowest BCUT2D eigenvalue weighted by Crippen LogP contribution is -2.50. The van der Waals surface area contributed by atoms with Crippen molar-refractivity contribution >= 4 is 0 Å². The zero-order valence-electron chi connectivity index (χ0n) is 12.8. The number of allylic oxidation sites excluding steroid dienone is 1. The number of benzene rings is 2. The van der Waals surface area contributed by atoms with Crippen LogP contribution in [0.5, 0.6) is 0 Å². The standard InChI is InChI=1S/C20H23NO/c22-19-14-8-3-9-15-20(19,18-12-6-2-7-13-18)21-16-17-10-4-1-5-11-17/h1-7,9-13,19,21-22H,8,14-16H2/t19-,20?/m1/s1. The third-order valence-corrected chi connectivity index (χ3v) is 4.52. The third kappa shape index (κ3) is 3.13. The molecule has 0 spiro atoms. The molecule has 1 aliphatic carbocycles. The fourth-order valence-electron chi connectivity index (χ4n) is 3.22. The van der Waals surface area contributed by atoms with Crippen molar-refractivity contribution in [2.45, 2.75) is 37.5 Å². The highest BCUT2D eigenvalue weighted by Gasteiger charge is 2.38. The fraction of sp³-hybridized carbons (Fsp3) is 0.300. The van der Waals surface area contributed by atoms with Crippen LogP contribution in [0, 0.1) is 0 Å². The smallest absolute Gasteiger partial charge is 0.0769 e. The maximum absolute atomic E-state index is 10.8. The Morgan fingerprint density at radius 2 is 1.64 bits per heavy atom. The number of aliphatic hydroxyl groups excluding tert-OH is 1. The van der Waals surface area contributed by atoms with E-state index in [4.69, 9.17) is 0 Å². The second-order valence-electron chi connectivity index (χ2n) is 5.95. The highest BCUT2D eigenvalue weighted by molar-refractivity contribution is 5.29. The summed E-state index contributed by atoms with van der Waals surface area (Å²) >= 11 is 0. The van der Waals surface area contributed by atoms with Crippen molar-refractivity contribution in [2.24, 2.45) is 0 Å². The van der Waals surface area contributed by atoms with Crippen molar-refractivity contribution in [3.8, 4) is 0 Å². The van der Waals surface area contributed by atoms with Crippen molar-refractivity contribution in [1.29, 1.82) is 0 Å². The fourth-order valence-corrected chi connectivity index (χ4v) is 3.22. The van der Waals surface area contributed by atoms with E-state index in [0.717, 1.165) is 31.4 Å². The van der Waals surface area contributed by atoms with E-state index < -0.39 is 11.6 Å². The van der Waals surface area contributed by atoms with Gasteiger partial charge in [-0.1, -0.05) is 72.8 Å². The van der Waals surface area contributed by atoms with E-state index in [1.54, 1.807) is 0 Å². The molecule has 0 aromatic heterocycles. The van der Waals surface area contributed by atoms with Crippen LogP contribution in [-0.4, -0.2) is 11.2 Å². The molecule has 0 aliphatic heterocycles. The largest absolute Gasteiger partial charge is 0.391 e. The van der Waals surface area contributed by atoms with Gasteiger partial charge in [0.15, 0.2) is 0 Å². The Balaban J connectivity index is 1.90. The normalized spacial score (nSPS) is 24.9. The van der Waals surface area contributed by atoms with Crippen molar-refractivity contribution in [3.05, 3.63) is 83.9 Å². The predicted molar refractivity (Wildman–Crippen MR) is 90.4 cm³/mol. The first-order valence-corrected chi connectivity index (χ1v) is 7.99. The number of hydrogen-bond acceptors (Lipinski definition) is 2. The van der Waals surface area contributed by atoms with Crippen LogP contribution >= 0.6 is 0 Å². The maximum atomic E-state index is 10.8. The van der Waals surface area contributed by atoms with E-state index in [1.807, 2.05) is 24.3 Å². The first kappa shape index (κ1) is 15.0. The molecule has 1 unspecified atom stereocenters. The van der Waals surface area contributed by atoms with Gasteiger partial charge in [-0.3, -0.25) is 0 Å². The van der Waals surface area contributed by atoms with Crippen LogP contribution in [0.2, 0.25) is 0 Å². The summed E-state index contributed by atoms with van der Waals surface area (Å²) in [7, 11) is 0. The van der Waals surface area contributed by atoms with Crippen LogP contribution in [0.4, 0.5) is 0 Å². The van der Waals surface area contributed by atoms with E-state index in [1.165, 1.54) is 5.56 Å². The number of rotatable bonds is 4. The molecule has 114 valence electrons. The van der Waals surface area contributed by atoms with Gasteiger partial charge in [-0.25, -0.2) is 0 Å². The molecular weight excluding hydrogens is 270 g/mol. The van der Waals surface area contributed by atoms with Crippen LogP contribution in [-0.2, 0) is 12.1 Å². The molecule has 2 nitrogen and oxygen atoms in total. The Morgan fingerprint density at radius 3 is 2.36 bits per heavy atom. The van der Waals surface area contributed by atoms with Crippen molar-refractivity contribution in [2.75, 3.05) is 0 Å². The molecular formula is C20H23NO. The molecule has 2 aromatic carbocycles. The molecule has 2 aromatic rings. The summed E-state index contributed by atoms with van der Waals surface area (Å²) in [6.07, 6.45) is 6.51. The van der Waals surface area contributed by atoms with Crippen molar-refractivity contribution < 1.29 is 5.11 Å². The van der Waals surface area contributed by atoms with Gasteiger partial charge < -0.3 is 10.4 Å². The average Bonchev–Trinajstić information content (AvgIpc) is 2.77. The van der Waals surface area contributed by atoms with E-state index in [9.17, 15) is 5.11 Å². The molecule has 2 heteroatoms. The van der Waals surface area contributed by atoms with Gasteiger partial charge >= 0.3 is 0 Å². The van der Waals surface area contributed by atoms with Gasteiger partial charge in [0.1, 0.15) is 0 Å². The molecule has 0 amide bonds. The topological polar surface area (TPSA) is 32.3 Å². The lowest BCUT2D eigenvalue weighted by Gasteiger charge is -2.38. The van der Waals surface area contributed by atoms with Crippen molar-refractivity contribution in [1.82, 2.24) is 5.32 Å². The summed E-state index contributed by atoms with van der Waals surface area (Å²) in [5.41, 5.74) is 1.98. The third-order valence-electron chi connectivity index (χ3n) is 4.52. The zero-order chi connectivity index (χ0) is 15.3. The van der Waals surface area contributed by atoms with E-state index in [2.05, 4.69) is 53.9 Å². The predicted octanol–water partition coefficient (Wildman–Crippen LogP) is 3.77. The SMILES string of the molecule is O[C@@H]1CCC=CCC1(NCc1ccccc1)c1ccccc1. The minimum absolute atomic E-state index is 0.395. The Labute approximate surface area is 132 Å². The highest BCUT2D eigenvalue weighted by atomic mass is 16.3. The van der Waals surface area contributed by atoms with Gasteiger partial charge in [0, 0.05) is 6.54 Å². The molecule has 1 aliphatic rings. The first-order chi connectivity index (χ1) is 10.8. The van der Waals surface area contributed by atoms with E-state index in [-0.39, 0.29) is 0 Å². The van der Waals surface area contributed by atoms with Gasteiger partial charge in [-0.15, -0.1) is 0 Å². The van der Waals surface area contributed by atoms with Gasteiger partial charge in [0.2, 0.25) is 0 Å². The van der Waals surface area contributed by atoms with Gasteiger partial charge in [0.05, 0.1) is 11.6 Å². The molecule has 3 rings (SSSR count). The van der Waals surface area contributed by atoms with E-state index >= 15 is 0 Å². The first-order valence-electron chi connectivity index (χ1n) is 7.99. The lowest BCUT2D eigenvalue weighted by molar-refractivity contribution is 0.0527. The second-order valence-corrected chi connectivity index (χ2v) is 5.95. The van der Waals surface area contributed by atoms with Crippen LogP contribution in [0.1, 0.15) is 30.4 Å².